The summed E-state index contributed by atoms with van der Waals surface area (Å²) in [7, 11) is 1.31. The van der Waals surface area contributed by atoms with Crippen molar-refractivity contribution < 1.29 is 18.8 Å². The smallest absolute Gasteiger partial charge is 0.351 e. The molecule has 12 nitrogen and oxygen atoms in total. The highest BCUT2D eigenvalue weighted by Crippen LogP contribution is 2.32. The zero-order valence-electron chi connectivity index (χ0n) is 17.2. The summed E-state index contributed by atoms with van der Waals surface area (Å²) in [4.78, 5) is 41.6. The van der Waals surface area contributed by atoms with Crippen molar-refractivity contribution in [1.82, 2.24) is 29.8 Å². The molecule has 0 unspecified atom stereocenters. The highest BCUT2D eigenvalue weighted by Gasteiger charge is 2.22. The average molecular weight is 448 g/mol. The molecule has 2 aromatic carbocycles. The van der Waals surface area contributed by atoms with Crippen LogP contribution in [0.4, 0.5) is 0 Å². The van der Waals surface area contributed by atoms with Gasteiger partial charge in [-0.05, 0) is 29.8 Å². The number of rotatable bonds is 5. The summed E-state index contributed by atoms with van der Waals surface area (Å²) >= 11 is 0. The first-order chi connectivity index (χ1) is 16.0. The van der Waals surface area contributed by atoms with E-state index in [1.165, 1.54) is 7.05 Å². The van der Waals surface area contributed by atoms with Gasteiger partial charge in [0.15, 0.2) is 17.2 Å². The van der Waals surface area contributed by atoms with Crippen LogP contribution in [0.1, 0.15) is 16.2 Å². The second kappa shape index (κ2) is 8.07. The fourth-order valence-corrected chi connectivity index (χ4v) is 3.17. The predicted octanol–water partition coefficient (Wildman–Crippen LogP) is 0.640. The molecule has 0 aliphatic carbocycles. The number of hydrogen-bond acceptors (Lipinski definition) is 9. The normalized spacial score (nSPS) is 12.0. The van der Waals surface area contributed by atoms with Crippen LogP contribution in [0, 0.1) is 0 Å². The fraction of sp³-hybridized carbons (Fsp3) is 0.143. The van der Waals surface area contributed by atoms with Crippen molar-refractivity contribution in [2.75, 3.05) is 6.79 Å². The van der Waals surface area contributed by atoms with E-state index >= 15 is 0 Å². The van der Waals surface area contributed by atoms with Crippen LogP contribution in [0.2, 0.25) is 0 Å². The van der Waals surface area contributed by atoms with Crippen molar-refractivity contribution in [2.45, 2.75) is 6.54 Å². The van der Waals surface area contributed by atoms with Gasteiger partial charge in [-0.1, -0.05) is 29.4 Å². The number of para-hydroxylation sites is 1. The van der Waals surface area contributed by atoms with E-state index in [9.17, 15) is 14.4 Å². The van der Waals surface area contributed by atoms with Gasteiger partial charge in [0.1, 0.15) is 0 Å². The largest absolute Gasteiger partial charge is 0.454 e. The van der Waals surface area contributed by atoms with E-state index in [0.717, 1.165) is 14.8 Å². The molecule has 0 spiro atoms. The lowest BCUT2D eigenvalue weighted by Crippen LogP contribution is -2.40. The molecule has 2 aromatic heterocycles. The van der Waals surface area contributed by atoms with E-state index in [0.29, 0.717) is 17.2 Å². The van der Waals surface area contributed by atoms with Crippen LogP contribution in [-0.4, -0.2) is 37.2 Å². The van der Waals surface area contributed by atoms with Gasteiger partial charge in [0.2, 0.25) is 12.6 Å². The summed E-state index contributed by atoms with van der Waals surface area (Å²) in [6.07, 6.45) is 0. The van der Waals surface area contributed by atoms with Crippen molar-refractivity contribution in [3.63, 3.8) is 0 Å². The van der Waals surface area contributed by atoms with Gasteiger partial charge in [0.25, 0.3) is 5.56 Å². The second-order valence-corrected chi connectivity index (χ2v) is 7.04. The molecule has 166 valence electrons. The molecular weight excluding hydrogens is 432 g/mol. The van der Waals surface area contributed by atoms with Gasteiger partial charge < -0.3 is 19.3 Å². The van der Waals surface area contributed by atoms with E-state index in [4.69, 9.17) is 14.0 Å². The quantitative estimate of drug-likeness (QED) is 0.465. The Labute approximate surface area is 185 Å². The SMILES string of the molecule is Cn1c(=O)c(-c2noc(C(=O)NCc3ccc4c(c3)OCO4)n2)nn(-c2ccccc2)c1=O. The van der Waals surface area contributed by atoms with Crippen molar-refractivity contribution in [2.24, 2.45) is 7.05 Å². The number of fused-ring (bicyclic) bond motifs is 1. The first-order valence-corrected chi connectivity index (χ1v) is 9.78. The summed E-state index contributed by atoms with van der Waals surface area (Å²) < 4.78 is 17.5. The summed E-state index contributed by atoms with van der Waals surface area (Å²) in [5.41, 5.74) is -0.373. The molecule has 1 N–H and O–H groups in total. The molecule has 1 aliphatic rings. The Hall–Kier alpha value is -4.74. The summed E-state index contributed by atoms with van der Waals surface area (Å²) in [6.45, 7) is 0.326. The monoisotopic (exact) mass is 448 g/mol. The van der Waals surface area contributed by atoms with Gasteiger partial charge in [-0.15, -0.1) is 0 Å². The highest BCUT2D eigenvalue weighted by molar-refractivity contribution is 5.89. The maximum Gasteiger partial charge on any atom is 0.351 e. The lowest BCUT2D eigenvalue weighted by Gasteiger charge is -2.07. The van der Waals surface area contributed by atoms with E-state index in [-0.39, 0.29) is 30.7 Å². The minimum absolute atomic E-state index is 0.154. The molecule has 3 heterocycles. The van der Waals surface area contributed by atoms with E-state index in [2.05, 4.69) is 20.6 Å². The Morgan fingerprint density at radius 3 is 2.70 bits per heavy atom. The minimum Gasteiger partial charge on any atom is -0.454 e. The number of carbonyl (C=O) groups excluding carboxylic acids is 1. The van der Waals surface area contributed by atoms with Gasteiger partial charge in [0.05, 0.1) is 5.69 Å². The first-order valence-electron chi connectivity index (χ1n) is 9.78. The van der Waals surface area contributed by atoms with Gasteiger partial charge in [-0.25, -0.2) is 4.79 Å². The van der Waals surface area contributed by atoms with Crippen LogP contribution in [0.3, 0.4) is 0 Å². The molecule has 0 bridgehead atoms. The maximum atomic E-state index is 12.6. The summed E-state index contributed by atoms with van der Waals surface area (Å²) in [6, 6.07) is 13.8. The Morgan fingerprint density at radius 2 is 1.88 bits per heavy atom. The molecule has 0 fully saturated rings. The van der Waals surface area contributed by atoms with Crippen LogP contribution >= 0.6 is 0 Å². The average Bonchev–Trinajstić information content (AvgIpc) is 3.51. The Balaban J connectivity index is 1.39. The number of nitrogens with zero attached hydrogens (tertiary/aromatic N) is 5. The van der Waals surface area contributed by atoms with Crippen LogP contribution in [0.15, 0.2) is 62.6 Å². The van der Waals surface area contributed by atoms with Crippen molar-refractivity contribution in [3.05, 3.63) is 80.8 Å². The fourth-order valence-electron chi connectivity index (χ4n) is 3.17. The molecule has 33 heavy (non-hydrogen) atoms. The zero-order valence-corrected chi connectivity index (χ0v) is 17.2. The molecular formula is C21H16N6O6. The van der Waals surface area contributed by atoms with Crippen molar-refractivity contribution in [3.8, 4) is 28.7 Å². The van der Waals surface area contributed by atoms with Crippen LogP contribution < -0.4 is 26.0 Å². The van der Waals surface area contributed by atoms with Crippen molar-refractivity contribution in [1.29, 1.82) is 0 Å². The highest BCUT2D eigenvalue weighted by atomic mass is 16.7. The van der Waals surface area contributed by atoms with Gasteiger partial charge in [-0.3, -0.25) is 14.2 Å². The van der Waals surface area contributed by atoms with Gasteiger partial charge in [0, 0.05) is 13.6 Å². The van der Waals surface area contributed by atoms with Crippen LogP contribution in [0.25, 0.3) is 17.2 Å². The third kappa shape index (κ3) is 3.73. The Bertz CT molecular complexity index is 1470. The number of ether oxygens (including phenoxy) is 2. The Morgan fingerprint density at radius 1 is 1.09 bits per heavy atom. The van der Waals surface area contributed by atoms with Crippen molar-refractivity contribution >= 4 is 5.91 Å². The molecule has 12 heteroatoms. The molecule has 0 radical (unpaired) electrons. The minimum atomic E-state index is -0.722. The topological polar surface area (TPSA) is 143 Å². The molecule has 0 atom stereocenters. The van der Waals surface area contributed by atoms with Crippen LogP contribution in [0.5, 0.6) is 11.5 Å². The lowest BCUT2D eigenvalue weighted by atomic mass is 10.2. The number of hydrogen-bond donors (Lipinski definition) is 1. The maximum absolute atomic E-state index is 12.6. The number of carbonyl (C=O) groups is 1. The Kier molecular flexibility index (Phi) is 4.94. The third-order valence-electron chi connectivity index (χ3n) is 4.90. The molecule has 1 amide bonds. The second-order valence-electron chi connectivity index (χ2n) is 7.04. The lowest BCUT2D eigenvalue weighted by molar-refractivity contribution is 0.0907. The molecule has 5 rings (SSSR count). The first kappa shape index (κ1) is 20.2. The zero-order chi connectivity index (χ0) is 22.9. The third-order valence-corrected chi connectivity index (χ3v) is 4.90. The standard InChI is InChI=1S/C21H16N6O6/c1-26-20(29)16(24-27(21(26)30)13-5-3-2-4-6-13)17-23-19(33-25-17)18(28)22-10-12-7-8-14-15(9-12)32-11-31-14/h2-9H,10-11H2,1H3,(H,22,28). The number of nitrogens with one attached hydrogen (secondary N) is 1. The molecule has 0 saturated carbocycles. The number of amides is 1. The molecule has 0 saturated heterocycles. The number of benzene rings is 2. The molecule has 4 aromatic rings. The van der Waals surface area contributed by atoms with E-state index < -0.39 is 17.2 Å². The van der Waals surface area contributed by atoms with E-state index in [1.807, 2.05) is 0 Å². The predicted molar refractivity (Wildman–Crippen MR) is 112 cm³/mol. The molecule has 1 aliphatic heterocycles. The van der Waals surface area contributed by atoms with Crippen LogP contribution in [-0.2, 0) is 13.6 Å². The van der Waals surface area contributed by atoms with Gasteiger partial charge >= 0.3 is 17.5 Å². The number of aromatic nitrogens is 5. The summed E-state index contributed by atoms with van der Waals surface area (Å²) in [5, 5.41) is 10.5. The summed E-state index contributed by atoms with van der Waals surface area (Å²) in [5.74, 6) is 0.0232. The van der Waals surface area contributed by atoms with Gasteiger partial charge in [-0.2, -0.15) is 14.8 Å². The van der Waals surface area contributed by atoms with E-state index in [1.54, 1.807) is 48.5 Å².